The fourth-order valence-electron chi connectivity index (χ4n) is 1.44. The van der Waals surface area contributed by atoms with Crippen molar-refractivity contribution in [3.05, 3.63) is 0 Å². The van der Waals surface area contributed by atoms with Gasteiger partial charge in [-0.25, -0.2) is 0 Å². The van der Waals surface area contributed by atoms with Gasteiger partial charge in [-0.15, -0.1) is 0 Å². The van der Waals surface area contributed by atoms with Gasteiger partial charge in [-0.05, 0) is 13.3 Å². The Bertz CT molecular complexity index is 216. The summed E-state index contributed by atoms with van der Waals surface area (Å²) in [6.07, 6.45) is 7.19. The lowest BCUT2D eigenvalue weighted by Crippen LogP contribution is -2.38. The van der Waals surface area contributed by atoms with Crippen molar-refractivity contribution in [1.29, 1.82) is 0 Å². The van der Waals surface area contributed by atoms with Crippen LogP contribution in [0.4, 0.5) is 0 Å². The van der Waals surface area contributed by atoms with Gasteiger partial charge in [0.05, 0.1) is 0 Å². The van der Waals surface area contributed by atoms with Crippen LogP contribution in [0.1, 0.15) is 58.8 Å². The first-order chi connectivity index (χ1) is 7.57. The molecule has 2 N–H and O–H groups in total. The zero-order valence-electron chi connectivity index (χ0n) is 10.3. The second-order valence-electron chi connectivity index (χ2n) is 4.15. The first-order valence-electron chi connectivity index (χ1n) is 6.10. The summed E-state index contributed by atoms with van der Waals surface area (Å²) < 4.78 is 0. The molecule has 0 rings (SSSR count). The lowest BCUT2D eigenvalue weighted by molar-refractivity contribution is -0.141. The van der Waals surface area contributed by atoms with Crippen LogP contribution in [0.5, 0.6) is 0 Å². The maximum Gasteiger partial charge on any atom is 0.325 e. The molecular weight excluding hydrogens is 206 g/mol. The summed E-state index contributed by atoms with van der Waals surface area (Å²) in [7, 11) is 0. The first kappa shape index (κ1) is 14.9. The molecular formula is C12H23NO3. The Hall–Kier alpha value is -1.06. The maximum atomic E-state index is 11.3. The second kappa shape index (κ2) is 9.19. The molecule has 0 fully saturated rings. The van der Waals surface area contributed by atoms with Gasteiger partial charge in [-0.2, -0.15) is 0 Å². The predicted molar refractivity (Wildman–Crippen MR) is 63.2 cm³/mol. The van der Waals surface area contributed by atoms with E-state index in [1.54, 1.807) is 0 Å². The van der Waals surface area contributed by atoms with Gasteiger partial charge < -0.3 is 10.4 Å². The summed E-state index contributed by atoms with van der Waals surface area (Å²) in [4.78, 5) is 21.7. The molecule has 1 atom stereocenters. The van der Waals surface area contributed by atoms with Gasteiger partial charge in [0.25, 0.3) is 0 Å². The number of carbonyl (C=O) groups is 2. The molecule has 0 aliphatic carbocycles. The highest BCUT2D eigenvalue weighted by molar-refractivity contribution is 5.83. The predicted octanol–water partition coefficient (Wildman–Crippen LogP) is 2.33. The minimum atomic E-state index is -0.990. The average Bonchev–Trinajstić information content (AvgIpc) is 2.23. The Morgan fingerprint density at radius 2 is 1.69 bits per heavy atom. The average molecular weight is 229 g/mol. The third kappa shape index (κ3) is 8.26. The number of carbonyl (C=O) groups excluding carboxylic acids is 1. The highest BCUT2D eigenvalue weighted by atomic mass is 16.4. The monoisotopic (exact) mass is 229 g/mol. The minimum Gasteiger partial charge on any atom is -0.480 e. The van der Waals surface area contributed by atoms with E-state index >= 15 is 0 Å². The highest BCUT2D eigenvalue weighted by Crippen LogP contribution is 2.06. The molecule has 0 bridgehead atoms. The van der Waals surface area contributed by atoms with Gasteiger partial charge in [-0.3, -0.25) is 9.59 Å². The van der Waals surface area contributed by atoms with E-state index in [1.165, 1.54) is 26.2 Å². The van der Waals surface area contributed by atoms with Crippen LogP contribution in [0.3, 0.4) is 0 Å². The number of rotatable bonds is 9. The lowest BCUT2D eigenvalue weighted by Gasteiger charge is -2.08. The summed E-state index contributed by atoms with van der Waals surface area (Å²) in [6.45, 7) is 3.64. The molecule has 0 radical (unpaired) electrons. The third-order valence-electron chi connectivity index (χ3n) is 2.51. The number of hydrogen-bond acceptors (Lipinski definition) is 2. The summed E-state index contributed by atoms with van der Waals surface area (Å²) in [5.41, 5.74) is 0. The quantitative estimate of drug-likeness (QED) is 0.596. The van der Waals surface area contributed by atoms with Gasteiger partial charge in [0.2, 0.25) is 5.91 Å². The van der Waals surface area contributed by atoms with E-state index in [0.29, 0.717) is 6.42 Å². The molecule has 4 nitrogen and oxygen atoms in total. The van der Waals surface area contributed by atoms with Crippen molar-refractivity contribution in [2.75, 3.05) is 0 Å². The minimum absolute atomic E-state index is 0.162. The van der Waals surface area contributed by atoms with Crippen LogP contribution < -0.4 is 5.32 Å². The van der Waals surface area contributed by atoms with Gasteiger partial charge in [-0.1, -0.05) is 39.0 Å². The van der Waals surface area contributed by atoms with E-state index in [-0.39, 0.29) is 5.91 Å². The van der Waals surface area contributed by atoms with Crippen molar-refractivity contribution in [2.24, 2.45) is 0 Å². The highest BCUT2D eigenvalue weighted by Gasteiger charge is 2.12. The molecule has 0 aliphatic rings. The molecule has 0 spiro atoms. The normalized spacial score (nSPS) is 12.1. The molecule has 0 unspecified atom stereocenters. The van der Waals surface area contributed by atoms with Crippen LogP contribution in [0.2, 0.25) is 0 Å². The summed E-state index contributed by atoms with van der Waals surface area (Å²) >= 11 is 0. The fourth-order valence-corrected chi connectivity index (χ4v) is 1.44. The van der Waals surface area contributed by atoms with Crippen molar-refractivity contribution in [1.82, 2.24) is 5.32 Å². The van der Waals surface area contributed by atoms with E-state index in [2.05, 4.69) is 12.2 Å². The number of carboxylic acid groups (broad SMARTS) is 1. The largest absolute Gasteiger partial charge is 0.480 e. The Labute approximate surface area is 97.4 Å². The van der Waals surface area contributed by atoms with E-state index in [9.17, 15) is 9.59 Å². The van der Waals surface area contributed by atoms with Crippen molar-refractivity contribution in [3.63, 3.8) is 0 Å². The standard InChI is InChI=1S/C12H23NO3/c1-3-4-5-6-7-8-9-11(14)13-10(2)12(15)16/h10H,3-9H2,1-2H3,(H,13,14)(H,15,16)/t10-/m1/s1. The van der Waals surface area contributed by atoms with Crippen molar-refractivity contribution >= 4 is 11.9 Å². The first-order valence-corrected chi connectivity index (χ1v) is 6.10. The number of nitrogens with one attached hydrogen (secondary N) is 1. The molecule has 0 aromatic carbocycles. The van der Waals surface area contributed by atoms with Crippen LogP contribution in [0, 0.1) is 0 Å². The maximum absolute atomic E-state index is 11.3. The summed E-state index contributed by atoms with van der Waals surface area (Å²) in [5, 5.41) is 11.0. The molecule has 0 heterocycles. The molecule has 94 valence electrons. The van der Waals surface area contributed by atoms with Gasteiger partial charge in [0, 0.05) is 6.42 Å². The van der Waals surface area contributed by atoms with Crippen LogP contribution in [0.15, 0.2) is 0 Å². The number of carboxylic acids is 1. The molecule has 0 aromatic heterocycles. The van der Waals surface area contributed by atoms with E-state index < -0.39 is 12.0 Å². The smallest absolute Gasteiger partial charge is 0.325 e. The zero-order chi connectivity index (χ0) is 12.4. The molecule has 4 heteroatoms. The Kier molecular flexibility index (Phi) is 8.58. The van der Waals surface area contributed by atoms with Crippen molar-refractivity contribution in [3.8, 4) is 0 Å². The number of aliphatic carboxylic acids is 1. The zero-order valence-corrected chi connectivity index (χ0v) is 10.3. The van der Waals surface area contributed by atoms with E-state index in [0.717, 1.165) is 19.3 Å². The number of unbranched alkanes of at least 4 members (excludes halogenated alkanes) is 5. The number of amides is 1. The lowest BCUT2D eigenvalue weighted by atomic mass is 10.1. The molecule has 0 aliphatic heterocycles. The Morgan fingerprint density at radius 1 is 1.12 bits per heavy atom. The van der Waals surface area contributed by atoms with Gasteiger partial charge in [0.1, 0.15) is 6.04 Å². The molecule has 0 saturated heterocycles. The Morgan fingerprint density at radius 3 is 2.25 bits per heavy atom. The van der Waals surface area contributed by atoms with Crippen molar-refractivity contribution in [2.45, 2.75) is 64.8 Å². The number of hydrogen-bond donors (Lipinski definition) is 2. The topological polar surface area (TPSA) is 66.4 Å². The van der Waals surface area contributed by atoms with Gasteiger partial charge in [0.15, 0.2) is 0 Å². The summed E-state index contributed by atoms with van der Waals surface area (Å²) in [6, 6.07) is -0.785. The van der Waals surface area contributed by atoms with Crippen molar-refractivity contribution < 1.29 is 14.7 Å². The van der Waals surface area contributed by atoms with E-state index in [4.69, 9.17) is 5.11 Å². The molecule has 0 aromatic rings. The molecule has 0 saturated carbocycles. The summed E-state index contributed by atoms with van der Waals surface area (Å²) in [5.74, 6) is -1.15. The molecule has 1 amide bonds. The van der Waals surface area contributed by atoms with E-state index in [1.807, 2.05) is 0 Å². The third-order valence-corrected chi connectivity index (χ3v) is 2.51. The molecule has 16 heavy (non-hydrogen) atoms. The fraction of sp³-hybridized carbons (Fsp3) is 0.833. The van der Waals surface area contributed by atoms with Crippen LogP contribution in [0.25, 0.3) is 0 Å². The Balaban J connectivity index is 3.40. The van der Waals surface area contributed by atoms with Crippen LogP contribution >= 0.6 is 0 Å². The second-order valence-corrected chi connectivity index (χ2v) is 4.15. The van der Waals surface area contributed by atoms with Gasteiger partial charge >= 0.3 is 5.97 Å². The van der Waals surface area contributed by atoms with Crippen LogP contribution in [-0.2, 0) is 9.59 Å². The van der Waals surface area contributed by atoms with Crippen LogP contribution in [-0.4, -0.2) is 23.0 Å². The SMILES string of the molecule is CCCCCCCCC(=O)N[C@H](C)C(=O)O.